The van der Waals surface area contributed by atoms with Crippen molar-refractivity contribution in [2.45, 2.75) is 39.2 Å². The summed E-state index contributed by atoms with van der Waals surface area (Å²) >= 11 is 6.09. The number of nitrogens with one attached hydrogen (secondary N) is 1. The average Bonchev–Trinajstić information content (AvgIpc) is 2.74. The molecule has 0 aliphatic rings. The lowest BCUT2D eigenvalue weighted by Crippen LogP contribution is -2.30. The number of halogens is 1. The Hall–Kier alpha value is -3.11. The van der Waals surface area contributed by atoms with Crippen molar-refractivity contribution in [3.05, 3.63) is 94.5 Å². The van der Waals surface area contributed by atoms with Gasteiger partial charge in [-0.3, -0.25) is 9.59 Å². The number of rotatable bonds is 6. The fraction of sp³-hybridized carbons (Fsp3) is 0.231. The Bertz CT molecular complexity index is 1080. The average molecular weight is 436 g/mol. The van der Waals surface area contributed by atoms with Crippen LogP contribution in [0.5, 0.6) is 5.75 Å². The first-order valence-corrected chi connectivity index (χ1v) is 10.5. The predicted molar refractivity (Wildman–Crippen MR) is 125 cm³/mol. The zero-order valence-corrected chi connectivity index (χ0v) is 18.9. The molecule has 160 valence electrons. The highest BCUT2D eigenvalue weighted by Gasteiger charge is 2.18. The van der Waals surface area contributed by atoms with E-state index in [1.165, 1.54) is 0 Å². The number of hydrogen-bond donors (Lipinski definition) is 1. The number of benzene rings is 3. The van der Waals surface area contributed by atoms with Crippen LogP contribution >= 0.6 is 11.6 Å². The van der Waals surface area contributed by atoms with Crippen LogP contribution in [-0.2, 0) is 10.2 Å². The second-order valence-electron chi connectivity index (χ2n) is 8.42. The highest BCUT2D eigenvalue weighted by Crippen LogP contribution is 2.25. The van der Waals surface area contributed by atoms with Gasteiger partial charge in [0.25, 0.3) is 5.91 Å². The Morgan fingerprint density at radius 3 is 2.23 bits per heavy atom. The Morgan fingerprint density at radius 1 is 0.903 bits per heavy atom. The number of carbonyl (C=O) groups excluding carboxylic acids is 2. The first kappa shape index (κ1) is 22.6. The molecule has 1 N–H and O–H groups in total. The molecule has 1 atom stereocenters. The Kier molecular flexibility index (Phi) is 6.81. The van der Waals surface area contributed by atoms with E-state index >= 15 is 0 Å². The lowest BCUT2D eigenvalue weighted by molar-refractivity contribution is -0.122. The van der Waals surface area contributed by atoms with E-state index in [1.807, 2.05) is 24.3 Å². The van der Waals surface area contributed by atoms with Crippen molar-refractivity contribution in [2.75, 3.05) is 5.32 Å². The minimum Gasteiger partial charge on any atom is -0.479 e. The molecule has 3 aromatic rings. The van der Waals surface area contributed by atoms with Crippen molar-refractivity contribution in [1.82, 2.24) is 0 Å². The van der Waals surface area contributed by atoms with Crippen LogP contribution in [0.1, 0.15) is 49.2 Å². The van der Waals surface area contributed by atoms with Crippen molar-refractivity contribution >= 4 is 29.0 Å². The fourth-order valence-corrected chi connectivity index (χ4v) is 3.23. The summed E-state index contributed by atoms with van der Waals surface area (Å²) in [7, 11) is 0. The highest BCUT2D eigenvalue weighted by molar-refractivity contribution is 6.32. The lowest BCUT2D eigenvalue weighted by atomic mass is 9.86. The molecule has 0 aliphatic heterocycles. The molecule has 3 aromatic carbocycles. The van der Waals surface area contributed by atoms with Gasteiger partial charge in [0.05, 0.1) is 5.02 Å². The van der Waals surface area contributed by atoms with Gasteiger partial charge in [-0.1, -0.05) is 80.9 Å². The van der Waals surface area contributed by atoms with E-state index in [9.17, 15) is 9.59 Å². The molecule has 0 aromatic heterocycles. The third kappa shape index (κ3) is 5.74. The van der Waals surface area contributed by atoms with Gasteiger partial charge in [-0.25, -0.2) is 0 Å². The molecule has 0 heterocycles. The summed E-state index contributed by atoms with van der Waals surface area (Å²) in [6.07, 6.45) is -0.760. The smallest absolute Gasteiger partial charge is 0.265 e. The molecule has 0 spiro atoms. The molecule has 0 saturated carbocycles. The Labute approximate surface area is 188 Å². The van der Waals surface area contributed by atoms with Crippen molar-refractivity contribution < 1.29 is 14.3 Å². The normalized spacial score (nSPS) is 12.2. The standard InChI is InChI=1S/C26H26ClNO3/c1-17(31-23-11-6-5-10-22(23)27)25(30)28-21-9-7-8-19(16-21)24(29)18-12-14-20(15-13-18)26(2,3)4/h5-17H,1-4H3,(H,28,30)/t17-/m0/s1. The molecule has 1 amide bonds. The minimum atomic E-state index is -0.760. The SMILES string of the molecule is C[C@H](Oc1ccccc1Cl)C(=O)Nc1cccc(C(=O)c2ccc(C(C)(C)C)cc2)c1. The Balaban J connectivity index is 1.70. The van der Waals surface area contributed by atoms with Crippen LogP contribution in [0.3, 0.4) is 0 Å². The van der Waals surface area contributed by atoms with Gasteiger partial charge in [-0.05, 0) is 42.2 Å². The molecule has 0 radical (unpaired) electrons. The second kappa shape index (κ2) is 9.36. The predicted octanol–water partition coefficient (Wildman–Crippen LogP) is 6.27. The number of amides is 1. The van der Waals surface area contributed by atoms with Crippen LogP contribution < -0.4 is 10.1 Å². The number of ketones is 1. The quantitative estimate of drug-likeness (QED) is 0.464. The third-order valence-electron chi connectivity index (χ3n) is 4.92. The summed E-state index contributed by atoms with van der Waals surface area (Å²) < 4.78 is 5.65. The Morgan fingerprint density at radius 2 is 1.58 bits per heavy atom. The molecule has 5 heteroatoms. The zero-order valence-electron chi connectivity index (χ0n) is 18.1. The number of para-hydroxylation sites is 1. The number of anilines is 1. The summed E-state index contributed by atoms with van der Waals surface area (Å²) in [4.78, 5) is 25.5. The molecule has 0 bridgehead atoms. The summed E-state index contributed by atoms with van der Waals surface area (Å²) in [5.74, 6) is 0.00502. The van der Waals surface area contributed by atoms with Crippen LogP contribution in [0.15, 0.2) is 72.8 Å². The van der Waals surface area contributed by atoms with Gasteiger partial charge in [0.15, 0.2) is 11.9 Å². The molecule has 3 rings (SSSR count). The highest BCUT2D eigenvalue weighted by atomic mass is 35.5. The number of ether oxygens (including phenoxy) is 1. The molecular weight excluding hydrogens is 410 g/mol. The van der Waals surface area contributed by atoms with E-state index in [-0.39, 0.29) is 17.1 Å². The van der Waals surface area contributed by atoms with Gasteiger partial charge >= 0.3 is 0 Å². The van der Waals surface area contributed by atoms with Crippen molar-refractivity contribution in [2.24, 2.45) is 0 Å². The van der Waals surface area contributed by atoms with E-state index < -0.39 is 6.10 Å². The fourth-order valence-electron chi connectivity index (χ4n) is 3.05. The maximum atomic E-state index is 12.9. The topological polar surface area (TPSA) is 55.4 Å². The molecule has 31 heavy (non-hydrogen) atoms. The van der Waals surface area contributed by atoms with Gasteiger partial charge in [0.1, 0.15) is 5.75 Å². The zero-order chi connectivity index (χ0) is 22.6. The first-order valence-electron chi connectivity index (χ1n) is 10.1. The molecule has 0 saturated heterocycles. The van der Waals surface area contributed by atoms with Crippen molar-refractivity contribution in [3.63, 3.8) is 0 Å². The van der Waals surface area contributed by atoms with E-state index in [1.54, 1.807) is 55.5 Å². The van der Waals surface area contributed by atoms with Crippen LogP contribution in [0.2, 0.25) is 5.02 Å². The van der Waals surface area contributed by atoms with Gasteiger partial charge < -0.3 is 10.1 Å². The maximum Gasteiger partial charge on any atom is 0.265 e. The summed E-state index contributed by atoms with van der Waals surface area (Å²) in [5, 5.41) is 3.24. The maximum absolute atomic E-state index is 12.9. The van der Waals surface area contributed by atoms with E-state index in [0.717, 1.165) is 5.56 Å². The molecule has 0 aliphatic carbocycles. The summed E-state index contributed by atoms with van der Waals surface area (Å²) in [5.41, 5.74) is 2.82. The lowest BCUT2D eigenvalue weighted by Gasteiger charge is -2.19. The largest absolute Gasteiger partial charge is 0.479 e. The van der Waals surface area contributed by atoms with Crippen LogP contribution in [-0.4, -0.2) is 17.8 Å². The third-order valence-corrected chi connectivity index (χ3v) is 5.23. The van der Waals surface area contributed by atoms with E-state index in [2.05, 4.69) is 26.1 Å². The van der Waals surface area contributed by atoms with Crippen molar-refractivity contribution in [1.29, 1.82) is 0 Å². The van der Waals surface area contributed by atoms with Gasteiger partial charge in [0.2, 0.25) is 0 Å². The number of carbonyl (C=O) groups is 2. The van der Waals surface area contributed by atoms with Crippen molar-refractivity contribution in [3.8, 4) is 5.75 Å². The monoisotopic (exact) mass is 435 g/mol. The minimum absolute atomic E-state index is 0.0223. The van der Waals surface area contributed by atoms with Gasteiger partial charge in [0, 0.05) is 16.8 Å². The van der Waals surface area contributed by atoms with Gasteiger partial charge in [-0.2, -0.15) is 0 Å². The summed E-state index contributed by atoms with van der Waals surface area (Å²) in [6, 6.07) is 21.5. The molecular formula is C26H26ClNO3. The molecule has 0 unspecified atom stereocenters. The first-order chi connectivity index (χ1) is 14.6. The molecule has 0 fully saturated rings. The molecule has 4 nitrogen and oxygen atoms in total. The van der Waals surface area contributed by atoms with E-state index in [0.29, 0.717) is 27.6 Å². The van der Waals surface area contributed by atoms with E-state index in [4.69, 9.17) is 16.3 Å². The summed E-state index contributed by atoms with van der Waals surface area (Å²) in [6.45, 7) is 8.04. The van der Waals surface area contributed by atoms with Gasteiger partial charge in [-0.15, -0.1) is 0 Å². The van der Waals surface area contributed by atoms with Crippen LogP contribution in [0.25, 0.3) is 0 Å². The number of hydrogen-bond acceptors (Lipinski definition) is 3. The van der Waals surface area contributed by atoms with Crippen LogP contribution in [0.4, 0.5) is 5.69 Å². The second-order valence-corrected chi connectivity index (χ2v) is 8.82. The van der Waals surface area contributed by atoms with Crippen LogP contribution in [0, 0.1) is 0 Å².